The highest BCUT2D eigenvalue weighted by Crippen LogP contribution is 2.51. The summed E-state index contributed by atoms with van der Waals surface area (Å²) in [6, 6.07) is 0. The Kier molecular flexibility index (Phi) is 10.0. The van der Waals surface area contributed by atoms with Crippen LogP contribution in [0.4, 0.5) is 4.79 Å². The van der Waals surface area contributed by atoms with Gasteiger partial charge in [0.05, 0.1) is 6.10 Å². The van der Waals surface area contributed by atoms with E-state index < -0.39 is 23.8 Å². The molecule has 184 valence electrons. The molecule has 6 atom stereocenters. The number of allylic oxidation sites excluding steroid dienone is 2. The van der Waals surface area contributed by atoms with Crippen LogP contribution in [0.3, 0.4) is 0 Å². The van der Waals surface area contributed by atoms with Gasteiger partial charge in [0.2, 0.25) is 0 Å². The largest absolute Gasteiger partial charge is 0.509 e. The third-order valence-corrected chi connectivity index (χ3v) is 6.47. The van der Waals surface area contributed by atoms with Crippen molar-refractivity contribution in [3.63, 3.8) is 0 Å². The molecule has 6 heteroatoms. The molecule has 0 aromatic carbocycles. The van der Waals surface area contributed by atoms with Crippen molar-refractivity contribution >= 4 is 12.1 Å². The highest BCUT2D eigenvalue weighted by atomic mass is 16.7. The number of unbranched alkanes of at least 4 members (excludes halogenated alkanes) is 1. The monoisotopic (exact) mass is 460 g/mol. The molecule has 0 amide bonds. The molecule has 2 fully saturated rings. The van der Waals surface area contributed by atoms with Crippen molar-refractivity contribution < 1.29 is 29.3 Å². The zero-order valence-electron chi connectivity index (χ0n) is 20.7. The molecule has 2 aliphatic carbocycles. The smallest absolute Gasteiger partial charge is 0.481 e. The topological polar surface area (TPSA) is 93.1 Å². The lowest BCUT2D eigenvalue weighted by molar-refractivity contribution is -0.137. The van der Waals surface area contributed by atoms with Crippen molar-refractivity contribution in [1.29, 1.82) is 0 Å². The van der Waals surface area contributed by atoms with Gasteiger partial charge in [-0.2, -0.15) is 0 Å². The lowest BCUT2D eigenvalue weighted by Gasteiger charge is -2.25. The molecular formula is C27H40O6. The maximum atomic E-state index is 12.3. The minimum Gasteiger partial charge on any atom is -0.481 e. The predicted molar refractivity (Wildman–Crippen MR) is 127 cm³/mol. The van der Waals surface area contributed by atoms with Crippen LogP contribution in [0.2, 0.25) is 0 Å². The maximum absolute atomic E-state index is 12.3. The highest BCUT2D eigenvalue weighted by molar-refractivity contribution is 5.66. The molecule has 0 aromatic heterocycles. The van der Waals surface area contributed by atoms with Gasteiger partial charge in [-0.3, -0.25) is 4.79 Å². The average Bonchev–Trinajstić information content (AvgIpc) is 3.23. The number of fused-ring (bicyclic) bond motifs is 1. The average molecular weight is 461 g/mol. The van der Waals surface area contributed by atoms with E-state index in [9.17, 15) is 14.7 Å². The Labute approximate surface area is 198 Å². The normalized spacial score (nSPS) is 27.6. The van der Waals surface area contributed by atoms with Crippen molar-refractivity contribution in [3.8, 4) is 11.8 Å². The fraction of sp³-hybridized carbons (Fsp3) is 0.704. The van der Waals surface area contributed by atoms with Crippen molar-refractivity contribution in [3.05, 3.63) is 23.8 Å². The summed E-state index contributed by atoms with van der Waals surface area (Å²) in [5, 5.41) is 19.4. The fourth-order valence-corrected chi connectivity index (χ4v) is 4.81. The van der Waals surface area contributed by atoms with Gasteiger partial charge in [0, 0.05) is 18.8 Å². The van der Waals surface area contributed by atoms with Gasteiger partial charge in [-0.1, -0.05) is 30.7 Å². The van der Waals surface area contributed by atoms with E-state index in [0.717, 1.165) is 25.7 Å². The molecule has 0 spiro atoms. The lowest BCUT2D eigenvalue weighted by Crippen LogP contribution is -2.30. The zero-order valence-corrected chi connectivity index (χ0v) is 20.7. The summed E-state index contributed by atoms with van der Waals surface area (Å²) < 4.78 is 11.1. The lowest BCUT2D eigenvalue weighted by atomic mass is 9.89. The van der Waals surface area contributed by atoms with Gasteiger partial charge in [0.1, 0.15) is 11.7 Å². The van der Waals surface area contributed by atoms with Crippen molar-refractivity contribution in [2.75, 3.05) is 0 Å². The number of hydrogen-bond donors (Lipinski definition) is 2. The Bertz CT molecular complexity index is 794. The summed E-state index contributed by atoms with van der Waals surface area (Å²) in [4.78, 5) is 23.1. The van der Waals surface area contributed by atoms with Crippen molar-refractivity contribution in [2.24, 2.45) is 23.7 Å². The molecule has 0 aliphatic heterocycles. The number of ether oxygens (including phenoxy) is 2. The highest BCUT2D eigenvalue weighted by Gasteiger charge is 2.47. The summed E-state index contributed by atoms with van der Waals surface area (Å²) >= 11 is 0. The van der Waals surface area contributed by atoms with Gasteiger partial charge in [-0.25, -0.2) is 4.79 Å². The minimum absolute atomic E-state index is 0.00606. The minimum atomic E-state index is -0.762. The van der Waals surface area contributed by atoms with Gasteiger partial charge in [-0.05, 0) is 77.6 Å². The number of carboxylic acids is 1. The van der Waals surface area contributed by atoms with Crippen LogP contribution >= 0.6 is 0 Å². The third-order valence-electron chi connectivity index (χ3n) is 6.47. The fourth-order valence-electron chi connectivity index (χ4n) is 4.81. The van der Waals surface area contributed by atoms with E-state index in [2.05, 4.69) is 17.9 Å². The van der Waals surface area contributed by atoms with E-state index in [1.54, 1.807) is 6.92 Å². The Morgan fingerprint density at radius 3 is 2.64 bits per heavy atom. The van der Waals surface area contributed by atoms with Gasteiger partial charge in [-0.15, -0.1) is 11.8 Å². The summed E-state index contributed by atoms with van der Waals surface area (Å²) in [7, 11) is 0. The number of aliphatic hydroxyl groups is 1. The predicted octanol–water partition coefficient (Wildman–Crippen LogP) is 5.50. The first-order chi connectivity index (χ1) is 15.5. The Morgan fingerprint density at radius 1 is 1.27 bits per heavy atom. The SMILES string of the molecule is CC#CCC(C)[C@H](O)/C=C/[C@@H]1[C@H]2C/C(=C/CCCC(=O)O)C[C@H]2C[C@H]1OC(=O)OC(C)(C)C. The molecule has 2 rings (SSSR count). The molecule has 0 radical (unpaired) electrons. The zero-order chi connectivity index (χ0) is 24.6. The Morgan fingerprint density at radius 2 is 2.00 bits per heavy atom. The van der Waals surface area contributed by atoms with E-state index in [0.29, 0.717) is 24.7 Å². The van der Waals surface area contributed by atoms with Gasteiger partial charge >= 0.3 is 12.1 Å². The van der Waals surface area contributed by atoms with Gasteiger partial charge in [0.25, 0.3) is 0 Å². The Balaban J connectivity index is 2.09. The third kappa shape index (κ3) is 8.89. The number of carbonyl (C=O) groups is 2. The number of aliphatic carboxylic acids is 1. The van der Waals surface area contributed by atoms with Gasteiger partial charge in [0.15, 0.2) is 0 Å². The standard InChI is InChI=1S/C27H40O6/c1-6-7-10-18(2)23(28)14-13-21-22-16-19(11-8-9-12-25(29)30)15-20(22)17-24(21)32-26(31)33-27(3,4)5/h11,13-14,18,20-24,28H,8-10,12,15-17H2,1-5H3,(H,29,30)/b14-13+,19-11+/t18?,20-,21+,22-,23+,24+/m0/s1. The van der Waals surface area contributed by atoms with E-state index in [-0.39, 0.29) is 24.4 Å². The maximum Gasteiger partial charge on any atom is 0.509 e. The van der Waals surface area contributed by atoms with E-state index in [1.807, 2.05) is 39.8 Å². The molecule has 0 aromatic rings. The first kappa shape index (κ1) is 27.0. The van der Waals surface area contributed by atoms with Crippen LogP contribution in [0, 0.1) is 35.5 Å². The molecule has 0 saturated heterocycles. The summed E-state index contributed by atoms with van der Waals surface area (Å²) in [6.07, 6.45) is 9.34. The first-order valence-corrected chi connectivity index (χ1v) is 12.1. The molecule has 1 unspecified atom stereocenters. The number of rotatable bonds is 9. The molecular weight excluding hydrogens is 420 g/mol. The van der Waals surface area contributed by atoms with Crippen LogP contribution in [0.5, 0.6) is 0 Å². The second-order valence-electron chi connectivity index (χ2n) is 10.4. The van der Waals surface area contributed by atoms with Crippen LogP contribution in [0.1, 0.15) is 79.6 Å². The van der Waals surface area contributed by atoms with Crippen LogP contribution in [-0.2, 0) is 14.3 Å². The summed E-state index contributed by atoms with van der Waals surface area (Å²) in [6.45, 7) is 9.20. The quantitative estimate of drug-likeness (QED) is 0.204. The molecule has 33 heavy (non-hydrogen) atoms. The number of carbonyl (C=O) groups excluding carboxylic acids is 1. The van der Waals surface area contributed by atoms with Crippen LogP contribution in [-0.4, -0.2) is 40.1 Å². The first-order valence-electron chi connectivity index (χ1n) is 12.1. The van der Waals surface area contributed by atoms with Crippen LogP contribution in [0.25, 0.3) is 0 Å². The molecule has 6 nitrogen and oxygen atoms in total. The Hall–Kier alpha value is -2.26. The van der Waals surface area contributed by atoms with Gasteiger partial charge < -0.3 is 19.7 Å². The van der Waals surface area contributed by atoms with E-state index in [1.165, 1.54) is 5.57 Å². The molecule has 2 aliphatic rings. The number of hydrogen-bond acceptors (Lipinski definition) is 5. The second kappa shape index (κ2) is 12.3. The second-order valence-corrected chi connectivity index (χ2v) is 10.4. The summed E-state index contributed by atoms with van der Waals surface area (Å²) in [5.41, 5.74) is 0.742. The van der Waals surface area contributed by atoms with Crippen molar-refractivity contribution in [1.82, 2.24) is 0 Å². The van der Waals surface area contributed by atoms with E-state index >= 15 is 0 Å². The van der Waals surface area contributed by atoms with Crippen LogP contribution in [0.15, 0.2) is 23.8 Å². The molecule has 0 bridgehead atoms. The molecule has 2 N–H and O–H groups in total. The molecule has 0 heterocycles. The molecule has 2 saturated carbocycles. The number of aliphatic hydroxyl groups excluding tert-OH is 1. The number of carboxylic acid groups (broad SMARTS) is 1. The van der Waals surface area contributed by atoms with Crippen LogP contribution < -0.4 is 0 Å². The van der Waals surface area contributed by atoms with Crippen molar-refractivity contribution in [2.45, 2.75) is 97.4 Å². The summed E-state index contributed by atoms with van der Waals surface area (Å²) in [5.74, 6) is 5.87. The van der Waals surface area contributed by atoms with E-state index in [4.69, 9.17) is 14.6 Å².